The van der Waals surface area contributed by atoms with E-state index >= 15 is 4.39 Å². The van der Waals surface area contributed by atoms with E-state index < -0.39 is 11.6 Å². The van der Waals surface area contributed by atoms with Gasteiger partial charge in [-0.2, -0.15) is 0 Å². The van der Waals surface area contributed by atoms with Gasteiger partial charge >= 0.3 is 0 Å². The number of hydrogen-bond donors (Lipinski definition) is 1. The molecule has 0 fully saturated rings. The van der Waals surface area contributed by atoms with Crippen molar-refractivity contribution in [3.05, 3.63) is 77.1 Å². The minimum Gasteiger partial charge on any atom is -0.490 e. The molecule has 0 saturated carbocycles. The molecular weight excluding hydrogens is 536 g/mol. The van der Waals surface area contributed by atoms with E-state index in [9.17, 15) is 14.3 Å². The lowest BCUT2D eigenvalue weighted by atomic mass is 9.94. The number of aliphatic hydroxyl groups excluding tert-OH is 1. The summed E-state index contributed by atoms with van der Waals surface area (Å²) in [7, 11) is 1.51. The lowest BCUT2D eigenvalue weighted by molar-refractivity contribution is -0.126. The second kappa shape index (κ2) is 11.9. The molecule has 1 aromatic carbocycles. The molecule has 0 atom stereocenters. The van der Waals surface area contributed by atoms with Gasteiger partial charge in [0, 0.05) is 71.9 Å². The van der Waals surface area contributed by atoms with Crippen LogP contribution in [0.15, 0.2) is 48.5 Å². The number of nitrogens with zero attached hydrogens (tertiary/aromatic N) is 3. The Hall–Kier alpha value is -4.17. The summed E-state index contributed by atoms with van der Waals surface area (Å²) < 4.78 is 41.6. The van der Waals surface area contributed by atoms with Gasteiger partial charge in [0.15, 0.2) is 0 Å². The predicted octanol–water partition coefficient (Wildman–Crippen LogP) is 4.74. The second-order valence-corrected chi connectivity index (χ2v) is 9.87. The van der Waals surface area contributed by atoms with Gasteiger partial charge in [-0.3, -0.25) is 9.78 Å². The van der Waals surface area contributed by atoms with E-state index in [0.717, 1.165) is 23.4 Å². The topological polar surface area (TPSA) is 84.8 Å². The third-order valence-electron chi connectivity index (χ3n) is 6.51. The van der Waals surface area contributed by atoms with E-state index in [1.165, 1.54) is 24.5 Å². The van der Waals surface area contributed by atoms with Crippen LogP contribution in [0.2, 0.25) is 0 Å². The summed E-state index contributed by atoms with van der Waals surface area (Å²) in [5.74, 6) is 3.77. The normalized spacial score (nSPS) is 12.6. The zero-order valence-corrected chi connectivity index (χ0v) is 22.5. The van der Waals surface area contributed by atoms with Gasteiger partial charge in [-0.15, -0.1) is 11.3 Å². The number of carbonyl (C=O) groups excluding carboxylic acids is 1. The van der Waals surface area contributed by atoms with Crippen LogP contribution < -0.4 is 4.74 Å². The molecule has 0 aliphatic carbocycles. The van der Waals surface area contributed by atoms with Crippen molar-refractivity contribution in [1.29, 1.82) is 0 Å². The Morgan fingerprint density at radius 2 is 2.12 bits per heavy atom. The molecule has 0 radical (unpaired) electrons. The maximum Gasteiger partial charge on any atom is 0.246 e. The first-order valence-electron chi connectivity index (χ1n) is 12.5. The third-order valence-corrected chi connectivity index (χ3v) is 7.44. The second-order valence-electron chi connectivity index (χ2n) is 8.95. The number of aromatic nitrogens is 2. The number of hydrogen-bond acceptors (Lipinski definition) is 7. The average molecular weight is 562 g/mol. The van der Waals surface area contributed by atoms with Gasteiger partial charge in [-0.1, -0.05) is 12.5 Å². The first-order valence-corrected chi connectivity index (χ1v) is 13.3. The molecule has 3 aromatic heterocycles. The van der Waals surface area contributed by atoms with Crippen molar-refractivity contribution in [3.63, 3.8) is 0 Å². The maximum absolute atomic E-state index is 15.7. The van der Waals surface area contributed by atoms with Crippen molar-refractivity contribution in [2.24, 2.45) is 0 Å². The predicted molar refractivity (Wildman–Crippen MR) is 149 cm³/mol. The number of ether oxygens (including phenoxy) is 2. The van der Waals surface area contributed by atoms with Crippen LogP contribution in [-0.2, 0) is 22.5 Å². The maximum atomic E-state index is 15.7. The molecule has 7 nitrogen and oxygen atoms in total. The van der Waals surface area contributed by atoms with Crippen molar-refractivity contribution < 1.29 is 28.2 Å². The molecule has 40 heavy (non-hydrogen) atoms. The van der Waals surface area contributed by atoms with Gasteiger partial charge in [0.25, 0.3) is 0 Å². The van der Waals surface area contributed by atoms with Gasteiger partial charge in [0.2, 0.25) is 5.91 Å². The highest BCUT2D eigenvalue weighted by Crippen LogP contribution is 2.45. The quantitative estimate of drug-likeness (QED) is 0.199. The number of rotatable bonds is 7. The Morgan fingerprint density at radius 3 is 2.90 bits per heavy atom. The molecule has 4 heterocycles. The number of halogens is 2. The number of methoxy groups -OCH3 is 1. The summed E-state index contributed by atoms with van der Waals surface area (Å²) >= 11 is 1.36. The van der Waals surface area contributed by atoms with Gasteiger partial charge in [-0.05, 0) is 35.1 Å². The molecule has 0 bridgehead atoms. The molecule has 1 aliphatic heterocycles. The summed E-state index contributed by atoms with van der Waals surface area (Å²) in [6.07, 6.45) is 3.52. The van der Waals surface area contributed by atoms with E-state index in [-0.39, 0.29) is 37.0 Å². The van der Waals surface area contributed by atoms with Crippen LogP contribution in [-0.4, -0.2) is 59.4 Å². The van der Waals surface area contributed by atoms with Crippen LogP contribution in [0.3, 0.4) is 0 Å². The van der Waals surface area contributed by atoms with Crippen molar-refractivity contribution in [3.8, 4) is 40.0 Å². The molecule has 0 spiro atoms. The van der Waals surface area contributed by atoms with Crippen LogP contribution in [0.25, 0.3) is 32.5 Å². The summed E-state index contributed by atoms with van der Waals surface area (Å²) in [6, 6.07) is 5.65. The fourth-order valence-corrected chi connectivity index (χ4v) is 5.65. The molecule has 0 unspecified atom stereocenters. The van der Waals surface area contributed by atoms with Crippen molar-refractivity contribution in [1.82, 2.24) is 14.9 Å². The third kappa shape index (κ3) is 5.31. The van der Waals surface area contributed by atoms with E-state index in [2.05, 4.69) is 23.4 Å². The van der Waals surface area contributed by atoms with Gasteiger partial charge in [0.05, 0.1) is 17.9 Å². The number of pyridine rings is 2. The molecule has 1 aliphatic rings. The minimum absolute atomic E-state index is 0.00941. The molecule has 1 N–H and O–H groups in total. The number of thiophene rings is 1. The Labute approximate surface area is 233 Å². The zero-order valence-electron chi connectivity index (χ0n) is 21.7. The first-order chi connectivity index (χ1) is 19.4. The lowest BCUT2D eigenvalue weighted by Gasteiger charge is -2.27. The number of benzene rings is 1. The van der Waals surface area contributed by atoms with Crippen LogP contribution in [0.5, 0.6) is 5.75 Å². The largest absolute Gasteiger partial charge is 0.490 e. The highest BCUT2D eigenvalue weighted by molar-refractivity contribution is 7.17. The summed E-state index contributed by atoms with van der Waals surface area (Å²) in [6.45, 7) is 4.39. The lowest BCUT2D eigenvalue weighted by Crippen LogP contribution is -2.35. The number of amides is 1. The SMILES string of the molecule is C=CC(=O)N1CCc2ncc(-c3nc(C#CCO)c4ccsc4c3-c3c(F)cc(F)cc3OCCOC)cc2C1. The fraction of sp³-hybridized carbons (Fsp3) is 0.233. The summed E-state index contributed by atoms with van der Waals surface area (Å²) in [5.41, 5.74) is 3.47. The van der Waals surface area contributed by atoms with Crippen molar-refractivity contribution in [2.45, 2.75) is 13.0 Å². The summed E-state index contributed by atoms with van der Waals surface area (Å²) in [5, 5.41) is 11.8. The van der Waals surface area contributed by atoms with Crippen LogP contribution in [0, 0.1) is 23.5 Å². The fourth-order valence-electron chi connectivity index (χ4n) is 4.70. The van der Waals surface area contributed by atoms with Crippen molar-refractivity contribution >= 4 is 27.3 Å². The highest BCUT2D eigenvalue weighted by atomic mass is 32.1. The van der Waals surface area contributed by atoms with E-state index in [1.54, 1.807) is 11.1 Å². The van der Waals surface area contributed by atoms with Crippen molar-refractivity contribution in [2.75, 3.05) is 33.5 Å². The molecule has 5 rings (SSSR count). The number of aliphatic hydroxyl groups is 1. The van der Waals surface area contributed by atoms with E-state index in [1.807, 2.05) is 17.5 Å². The Morgan fingerprint density at radius 1 is 1.27 bits per heavy atom. The van der Waals surface area contributed by atoms with E-state index in [4.69, 9.17) is 14.5 Å². The monoisotopic (exact) mass is 561 g/mol. The molecule has 204 valence electrons. The smallest absolute Gasteiger partial charge is 0.246 e. The molecule has 0 saturated heterocycles. The van der Waals surface area contributed by atoms with Gasteiger partial charge in [0.1, 0.15) is 36.3 Å². The average Bonchev–Trinajstić information content (AvgIpc) is 3.45. The zero-order chi connectivity index (χ0) is 28.2. The summed E-state index contributed by atoms with van der Waals surface area (Å²) in [4.78, 5) is 23.4. The Kier molecular flexibility index (Phi) is 8.16. The number of fused-ring (bicyclic) bond motifs is 2. The Bertz CT molecular complexity index is 1680. The minimum atomic E-state index is -0.812. The highest BCUT2D eigenvalue weighted by Gasteiger charge is 2.26. The van der Waals surface area contributed by atoms with Crippen LogP contribution in [0.1, 0.15) is 17.0 Å². The Balaban J connectivity index is 1.77. The van der Waals surface area contributed by atoms with Gasteiger partial charge < -0.3 is 19.5 Å². The first kappa shape index (κ1) is 27.4. The molecule has 10 heteroatoms. The van der Waals surface area contributed by atoms with Crippen LogP contribution in [0.4, 0.5) is 8.78 Å². The number of carbonyl (C=O) groups is 1. The van der Waals surface area contributed by atoms with Gasteiger partial charge in [-0.25, -0.2) is 13.8 Å². The molecule has 1 amide bonds. The van der Waals surface area contributed by atoms with E-state index in [0.29, 0.717) is 52.1 Å². The van der Waals surface area contributed by atoms with Crippen LogP contribution >= 0.6 is 11.3 Å². The molecular formula is C30H25F2N3O4S. The standard InChI is InChI=1S/C30H25F2N3O4S/c1-3-26(37)35-8-6-23-19(17-35)13-18(16-33-23)29-28(30-21(7-12-40-30)24(34-29)5-4-9-36)27-22(32)14-20(31)15-25(27)39-11-10-38-2/h3,7,12-16,36H,1,6,8-11,17H2,2H3. The molecule has 4 aromatic rings.